The van der Waals surface area contributed by atoms with Crippen molar-refractivity contribution >= 4 is 39.4 Å². The van der Waals surface area contributed by atoms with E-state index in [4.69, 9.17) is 14.2 Å². The minimum absolute atomic E-state index is 0.0519. The molecule has 1 heterocycles. The summed E-state index contributed by atoms with van der Waals surface area (Å²) in [5.41, 5.74) is 0.0361. The number of ether oxygens (including phenoxy) is 3. The van der Waals surface area contributed by atoms with E-state index in [1.807, 2.05) is 30.3 Å². The number of amides is 3. The van der Waals surface area contributed by atoms with Gasteiger partial charge >= 0.3 is 18.0 Å². The predicted molar refractivity (Wildman–Crippen MR) is 193 cm³/mol. The van der Waals surface area contributed by atoms with E-state index in [0.717, 1.165) is 16.5 Å². The Balaban J connectivity index is 1.39. The number of benzene rings is 4. The van der Waals surface area contributed by atoms with Gasteiger partial charge in [0.05, 0.1) is 35.4 Å². The molecule has 0 saturated carbocycles. The molecular weight excluding hydrogens is 706 g/mol. The number of carbonyl (C=O) groups is 4. The maximum absolute atomic E-state index is 15.6. The highest BCUT2D eigenvalue weighted by Crippen LogP contribution is 2.44. The Labute approximate surface area is 307 Å². The molecule has 4 aromatic rings. The Morgan fingerprint density at radius 3 is 2.28 bits per heavy atom. The van der Waals surface area contributed by atoms with Gasteiger partial charge in [-0.15, -0.1) is 0 Å². The van der Waals surface area contributed by atoms with Gasteiger partial charge in [0.15, 0.2) is 9.84 Å². The minimum atomic E-state index is -4.35. The van der Waals surface area contributed by atoms with Crippen LogP contribution in [0.15, 0.2) is 108 Å². The molecule has 3 atom stereocenters. The van der Waals surface area contributed by atoms with Gasteiger partial charge in [-0.2, -0.15) is 0 Å². The van der Waals surface area contributed by atoms with Crippen molar-refractivity contribution in [3.8, 4) is 5.75 Å². The molecule has 0 aliphatic carbocycles. The molecule has 1 saturated heterocycles. The molecule has 2 N–H and O–H groups in total. The molecule has 0 bridgehead atoms. The zero-order valence-electron chi connectivity index (χ0n) is 29.6. The van der Waals surface area contributed by atoms with Gasteiger partial charge in [-0.1, -0.05) is 60.7 Å². The molecule has 14 heteroatoms. The van der Waals surface area contributed by atoms with Crippen molar-refractivity contribution in [2.24, 2.45) is 0 Å². The highest BCUT2D eigenvalue weighted by molar-refractivity contribution is 7.92. The summed E-state index contributed by atoms with van der Waals surface area (Å²) in [4.78, 5) is 54.3. The minimum Gasteiger partial charge on any atom is -0.497 e. The number of sulfone groups is 1. The molecule has 12 nitrogen and oxygen atoms in total. The third-order valence-corrected chi connectivity index (χ3v) is 10.5. The van der Waals surface area contributed by atoms with Crippen LogP contribution in [0.4, 0.5) is 14.9 Å². The maximum atomic E-state index is 15.6. The molecule has 4 aromatic carbocycles. The van der Waals surface area contributed by atoms with E-state index >= 15 is 4.39 Å². The lowest BCUT2D eigenvalue weighted by molar-refractivity contribution is -0.164. The number of rotatable bonds is 11. The quantitative estimate of drug-likeness (QED) is 0.180. The number of nitrogens with one attached hydrogen (secondary N) is 2. The number of esters is 2. The van der Waals surface area contributed by atoms with Crippen LogP contribution < -0.4 is 15.4 Å². The fourth-order valence-corrected chi connectivity index (χ4v) is 7.96. The van der Waals surface area contributed by atoms with Gasteiger partial charge in [0.1, 0.15) is 29.8 Å². The summed E-state index contributed by atoms with van der Waals surface area (Å²) in [6, 6.07) is 22.4. The molecule has 0 spiro atoms. The van der Waals surface area contributed by atoms with Crippen LogP contribution in [-0.2, 0) is 35.5 Å². The van der Waals surface area contributed by atoms with Crippen molar-refractivity contribution in [3.63, 3.8) is 0 Å². The van der Waals surface area contributed by atoms with Crippen LogP contribution in [0, 0.1) is 5.82 Å². The topological polar surface area (TPSA) is 157 Å². The molecule has 278 valence electrons. The van der Waals surface area contributed by atoms with E-state index in [-0.39, 0.29) is 34.1 Å². The van der Waals surface area contributed by atoms with Crippen molar-refractivity contribution in [2.75, 3.05) is 19.0 Å². The summed E-state index contributed by atoms with van der Waals surface area (Å²) >= 11 is 0. The predicted octanol–water partition coefficient (Wildman–Crippen LogP) is 5.84. The number of nitrogens with zero attached hydrogens (tertiary/aromatic N) is 1. The van der Waals surface area contributed by atoms with E-state index in [2.05, 4.69) is 10.6 Å². The molecule has 1 aliphatic rings. The van der Waals surface area contributed by atoms with Gasteiger partial charge in [-0.05, 0) is 75.2 Å². The van der Waals surface area contributed by atoms with Crippen LogP contribution in [0.1, 0.15) is 54.7 Å². The van der Waals surface area contributed by atoms with E-state index in [1.165, 1.54) is 67.8 Å². The van der Waals surface area contributed by atoms with Gasteiger partial charge in [-0.3, -0.25) is 4.79 Å². The lowest BCUT2D eigenvalue weighted by Crippen LogP contribution is -2.49. The Bertz CT molecular complexity index is 2090. The molecular formula is C39H40FN3O9S. The van der Waals surface area contributed by atoms with Crippen LogP contribution in [-0.4, -0.2) is 67.7 Å². The summed E-state index contributed by atoms with van der Waals surface area (Å²) in [6.07, 6.45) is -0.418. The van der Waals surface area contributed by atoms with E-state index < -0.39 is 75.4 Å². The van der Waals surface area contributed by atoms with Crippen LogP contribution in [0.25, 0.3) is 0 Å². The first-order valence-corrected chi connectivity index (χ1v) is 18.2. The molecule has 3 unspecified atom stereocenters. The van der Waals surface area contributed by atoms with Crippen LogP contribution in [0.3, 0.4) is 0 Å². The zero-order chi connectivity index (χ0) is 38.3. The van der Waals surface area contributed by atoms with E-state index in [1.54, 1.807) is 26.8 Å². The summed E-state index contributed by atoms with van der Waals surface area (Å²) in [5.74, 6) is -2.92. The highest BCUT2D eigenvalue weighted by Gasteiger charge is 2.54. The summed E-state index contributed by atoms with van der Waals surface area (Å²) < 4.78 is 60.4. The van der Waals surface area contributed by atoms with Crippen molar-refractivity contribution in [1.82, 2.24) is 10.2 Å². The number of hydrogen-bond donors (Lipinski definition) is 2. The molecule has 0 radical (unpaired) electrons. The Kier molecular flexibility index (Phi) is 11.8. The third-order valence-electron chi connectivity index (χ3n) is 8.37. The van der Waals surface area contributed by atoms with Gasteiger partial charge in [0.2, 0.25) is 5.91 Å². The van der Waals surface area contributed by atoms with Crippen LogP contribution in [0.5, 0.6) is 5.75 Å². The lowest BCUT2D eigenvalue weighted by Gasteiger charge is -2.32. The number of likely N-dealkylation sites (tertiary alicyclic amines) is 1. The summed E-state index contributed by atoms with van der Waals surface area (Å²) in [7, 11) is -2.97. The molecule has 1 fully saturated rings. The van der Waals surface area contributed by atoms with Crippen molar-refractivity contribution in [2.45, 2.75) is 61.6 Å². The van der Waals surface area contributed by atoms with Crippen LogP contribution in [0.2, 0.25) is 0 Å². The number of urea groups is 1. The van der Waals surface area contributed by atoms with Gasteiger partial charge in [0, 0.05) is 11.3 Å². The largest absolute Gasteiger partial charge is 0.497 e. The number of carbonyl (C=O) groups excluding carboxylic acids is 4. The second kappa shape index (κ2) is 16.3. The average Bonchev–Trinajstić information content (AvgIpc) is 3.55. The Hall–Kier alpha value is -5.76. The second-order valence-corrected chi connectivity index (χ2v) is 15.4. The fourth-order valence-electron chi connectivity index (χ4n) is 6.01. The SMILES string of the molecule is COc1cccc(S(=O)(=O)C2CC(C(=O)OC(C)(C)C)N(C(=O)CNC(=O)Nc3cccc(C(=O)OCc4ccccc4)c3)C2c2ccccc2F)c1. The van der Waals surface area contributed by atoms with Crippen LogP contribution >= 0.6 is 0 Å². The van der Waals surface area contributed by atoms with Crippen molar-refractivity contribution in [1.29, 1.82) is 0 Å². The van der Waals surface area contributed by atoms with Gasteiger partial charge < -0.3 is 29.7 Å². The van der Waals surface area contributed by atoms with Crippen molar-refractivity contribution in [3.05, 3.63) is 126 Å². The first-order valence-electron chi connectivity index (χ1n) is 16.7. The molecule has 3 amide bonds. The highest BCUT2D eigenvalue weighted by atomic mass is 32.2. The first kappa shape index (κ1) is 38.5. The molecule has 5 rings (SSSR count). The second-order valence-electron chi connectivity index (χ2n) is 13.3. The molecule has 1 aliphatic heterocycles. The number of methoxy groups -OCH3 is 1. The monoisotopic (exact) mass is 745 g/mol. The fraction of sp³-hybridized carbons (Fsp3) is 0.282. The smallest absolute Gasteiger partial charge is 0.338 e. The van der Waals surface area contributed by atoms with E-state index in [9.17, 15) is 27.6 Å². The van der Waals surface area contributed by atoms with Gasteiger partial charge in [0.25, 0.3) is 0 Å². The number of anilines is 1. The molecule has 53 heavy (non-hydrogen) atoms. The number of hydrogen-bond acceptors (Lipinski definition) is 9. The summed E-state index contributed by atoms with van der Waals surface area (Å²) in [5, 5.41) is 3.49. The van der Waals surface area contributed by atoms with E-state index in [0.29, 0.717) is 0 Å². The standard InChI is InChI=1S/C39H40FN3O9S/c1-39(2,3)52-37(46)32-22-33(53(48,49)29-17-11-16-28(21-29)50-4)35(30-18-8-9-19-31(30)40)43(32)34(44)23-41-38(47)42-27-15-10-14-26(20-27)36(45)51-24-25-12-6-5-7-13-25/h5-21,32-33,35H,22-24H2,1-4H3,(H2,41,42,47). The van der Waals surface area contributed by atoms with Crippen molar-refractivity contribution < 1.29 is 46.2 Å². The first-order chi connectivity index (χ1) is 25.2. The maximum Gasteiger partial charge on any atom is 0.338 e. The molecule has 0 aromatic heterocycles. The lowest BCUT2D eigenvalue weighted by atomic mass is 10.0. The number of halogens is 1. The van der Waals surface area contributed by atoms with Gasteiger partial charge in [-0.25, -0.2) is 27.2 Å². The Morgan fingerprint density at radius 2 is 1.58 bits per heavy atom. The average molecular weight is 746 g/mol. The Morgan fingerprint density at radius 1 is 0.887 bits per heavy atom. The third kappa shape index (κ3) is 9.38. The summed E-state index contributed by atoms with van der Waals surface area (Å²) in [6.45, 7) is 4.20. The zero-order valence-corrected chi connectivity index (χ0v) is 30.4. The normalized spacial score (nSPS) is 17.1.